The summed E-state index contributed by atoms with van der Waals surface area (Å²) in [6, 6.07) is 0. The van der Waals surface area contributed by atoms with Crippen molar-refractivity contribution >= 4 is 10.2 Å². The zero-order chi connectivity index (χ0) is 9.07. The smallest absolute Gasteiger partial charge is 0.133 e. The van der Waals surface area contributed by atoms with Crippen molar-refractivity contribution in [2.75, 3.05) is 0 Å². The van der Waals surface area contributed by atoms with Crippen LogP contribution < -0.4 is 0 Å². The Balaban J connectivity index is 3.82. The molecule has 0 saturated carbocycles. The molecule has 0 saturated heterocycles. The summed E-state index contributed by atoms with van der Waals surface area (Å²) >= 11 is 0. The predicted molar refractivity (Wildman–Crippen MR) is 50.2 cm³/mol. The maximum Gasteiger partial charge on any atom is 0.133 e. The molecule has 0 aromatic rings. The molecule has 0 aromatic carbocycles. The van der Waals surface area contributed by atoms with Gasteiger partial charge >= 0.3 is 0 Å². The van der Waals surface area contributed by atoms with Gasteiger partial charge in [-0.25, -0.2) is 0 Å². The quantitative estimate of drug-likeness (QED) is 0.272. The Hall–Kier alpha value is -0.283. The van der Waals surface area contributed by atoms with E-state index in [-0.39, 0.29) is 5.60 Å². The van der Waals surface area contributed by atoms with Gasteiger partial charge in [0.15, 0.2) is 0 Å². The molecule has 11 heavy (non-hydrogen) atoms. The second-order valence-electron chi connectivity index (χ2n) is 3.84. The van der Waals surface area contributed by atoms with Crippen molar-refractivity contribution in [3.63, 3.8) is 0 Å². The molecule has 0 amide bonds. The third-order valence-electron chi connectivity index (χ3n) is 1.12. The van der Waals surface area contributed by atoms with Crippen LogP contribution in [0.3, 0.4) is 0 Å². The van der Waals surface area contributed by atoms with E-state index in [4.69, 9.17) is 9.78 Å². The van der Waals surface area contributed by atoms with E-state index in [9.17, 15) is 0 Å². The highest BCUT2D eigenvalue weighted by Gasteiger charge is 2.12. The fourth-order valence-electron chi connectivity index (χ4n) is 0.271. The molecule has 0 aliphatic rings. The first-order valence-electron chi connectivity index (χ1n) is 3.82. The van der Waals surface area contributed by atoms with E-state index in [1.807, 2.05) is 34.6 Å². The highest BCUT2D eigenvalue weighted by molar-refractivity contribution is 6.21. The Kier molecular flexibility index (Phi) is 3.82. The summed E-state index contributed by atoms with van der Waals surface area (Å²) in [6.07, 6.45) is 0. The lowest BCUT2D eigenvalue weighted by Gasteiger charge is -2.18. The van der Waals surface area contributed by atoms with Gasteiger partial charge in [-0.3, -0.25) is 0 Å². The van der Waals surface area contributed by atoms with Gasteiger partial charge in [0.2, 0.25) is 0 Å². The van der Waals surface area contributed by atoms with Gasteiger partial charge in [0.25, 0.3) is 0 Å². The topological polar surface area (TPSA) is 18.5 Å². The molecule has 0 rings (SSSR count). The second kappa shape index (κ2) is 3.92. The summed E-state index contributed by atoms with van der Waals surface area (Å²) in [7, 11) is 1.03. The van der Waals surface area contributed by atoms with Gasteiger partial charge in [0.1, 0.15) is 11.4 Å². The van der Waals surface area contributed by atoms with E-state index in [0.717, 1.165) is 16.0 Å². The van der Waals surface area contributed by atoms with Crippen molar-refractivity contribution in [1.82, 2.24) is 0 Å². The Morgan fingerprint density at radius 3 is 1.91 bits per heavy atom. The third kappa shape index (κ3) is 6.13. The molecule has 0 spiro atoms. The van der Waals surface area contributed by atoms with Crippen molar-refractivity contribution in [1.29, 1.82) is 0 Å². The molecule has 3 heteroatoms. The van der Waals surface area contributed by atoms with E-state index in [2.05, 4.69) is 0 Å². The molecule has 0 bridgehead atoms. The van der Waals surface area contributed by atoms with Crippen LogP contribution >= 0.6 is 0 Å². The highest BCUT2D eigenvalue weighted by atomic mass is 28.1. The minimum atomic E-state index is -0.224. The van der Waals surface area contributed by atoms with Crippen LogP contribution in [-0.2, 0) is 9.78 Å². The molecule has 0 fully saturated rings. The molecule has 0 radical (unpaired) electrons. The second-order valence-corrected chi connectivity index (χ2v) is 5.34. The molecular formula is C8H18O2Si. The minimum Gasteiger partial charge on any atom is -0.342 e. The third-order valence-corrected chi connectivity index (χ3v) is 1.82. The van der Waals surface area contributed by atoms with Crippen LogP contribution in [0.1, 0.15) is 34.6 Å². The first-order chi connectivity index (χ1) is 4.83. The minimum absolute atomic E-state index is 0.224. The number of allylic oxidation sites excluding steroid dienone is 2. The zero-order valence-corrected chi connectivity index (χ0v) is 10.3. The van der Waals surface area contributed by atoms with Gasteiger partial charge in [0, 0.05) is 10.2 Å². The summed E-state index contributed by atoms with van der Waals surface area (Å²) in [5, 5.41) is 1.27. The highest BCUT2D eigenvalue weighted by Crippen LogP contribution is 2.11. The number of rotatable bonds is 2. The van der Waals surface area contributed by atoms with Gasteiger partial charge in [-0.05, 0) is 34.6 Å². The summed E-state index contributed by atoms with van der Waals surface area (Å²) < 4.78 is 0. The maximum absolute atomic E-state index is 5.12. The average molecular weight is 174 g/mol. The Morgan fingerprint density at radius 2 is 1.64 bits per heavy atom. The van der Waals surface area contributed by atoms with Gasteiger partial charge in [0.05, 0.1) is 0 Å². The monoisotopic (exact) mass is 174 g/mol. The molecule has 0 aliphatic carbocycles. The molecule has 0 unspecified atom stereocenters. The SMILES string of the molecule is CC([SiH3])=C(C)OOC(C)(C)C. The lowest BCUT2D eigenvalue weighted by atomic mass is 10.2. The van der Waals surface area contributed by atoms with E-state index in [0.29, 0.717) is 0 Å². The molecule has 2 nitrogen and oxygen atoms in total. The van der Waals surface area contributed by atoms with Crippen LogP contribution in [0, 0.1) is 0 Å². The van der Waals surface area contributed by atoms with Crippen molar-refractivity contribution in [3.8, 4) is 0 Å². The van der Waals surface area contributed by atoms with E-state index in [1.165, 1.54) is 5.20 Å². The lowest BCUT2D eigenvalue weighted by Crippen LogP contribution is -2.19. The fraction of sp³-hybridized carbons (Fsp3) is 0.750. The van der Waals surface area contributed by atoms with Crippen molar-refractivity contribution in [2.45, 2.75) is 40.2 Å². The van der Waals surface area contributed by atoms with Crippen LogP contribution in [0.25, 0.3) is 0 Å². The molecule has 0 N–H and O–H groups in total. The zero-order valence-electron chi connectivity index (χ0n) is 8.32. The largest absolute Gasteiger partial charge is 0.342 e. The first-order valence-corrected chi connectivity index (χ1v) is 4.82. The van der Waals surface area contributed by atoms with E-state index < -0.39 is 0 Å². The van der Waals surface area contributed by atoms with Crippen LogP contribution in [0.4, 0.5) is 0 Å². The van der Waals surface area contributed by atoms with Crippen molar-refractivity contribution in [2.24, 2.45) is 0 Å². The summed E-state index contributed by atoms with van der Waals surface area (Å²) in [5.74, 6) is 0.895. The van der Waals surface area contributed by atoms with Crippen LogP contribution in [-0.4, -0.2) is 15.8 Å². The predicted octanol–water partition coefficient (Wildman–Crippen LogP) is 1.35. The van der Waals surface area contributed by atoms with Crippen molar-refractivity contribution in [3.05, 3.63) is 11.0 Å². The Bertz CT molecular complexity index is 152. The molecule has 66 valence electrons. The van der Waals surface area contributed by atoms with E-state index in [1.54, 1.807) is 0 Å². The molecule has 0 heterocycles. The fourth-order valence-corrected chi connectivity index (χ4v) is 0.354. The molecular weight excluding hydrogens is 156 g/mol. The van der Waals surface area contributed by atoms with Crippen LogP contribution in [0.5, 0.6) is 0 Å². The molecule has 0 aromatic heterocycles. The lowest BCUT2D eigenvalue weighted by molar-refractivity contribution is -0.321. The van der Waals surface area contributed by atoms with Crippen LogP contribution in [0.2, 0.25) is 0 Å². The standard InChI is InChI=1S/C8H18O2Si/c1-6(7(2)11)9-10-8(3,4)5/h1-5,11H3. The summed E-state index contributed by atoms with van der Waals surface area (Å²) in [5.41, 5.74) is -0.224. The Labute approximate surface area is 71.9 Å². The maximum atomic E-state index is 5.12. The van der Waals surface area contributed by atoms with Gasteiger partial charge in [-0.2, -0.15) is 4.89 Å². The number of hydrogen-bond acceptors (Lipinski definition) is 2. The molecule has 0 atom stereocenters. The normalized spacial score (nSPS) is 14.6. The van der Waals surface area contributed by atoms with E-state index >= 15 is 0 Å². The van der Waals surface area contributed by atoms with Gasteiger partial charge in [-0.1, -0.05) is 5.20 Å². The molecule has 0 aliphatic heterocycles. The first kappa shape index (κ1) is 10.7. The Morgan fingerprint density at radius 1 is 1.18 bits per heavy atom. The summed E-state index contributed by atoms with van der Waals surface area (Å²) in [4.78, 5) is 10.2. The van der Waals surface area contributed by atoms with Gasteiger partial charge < -0.3 is 4.89 Å². The van der Waals surface area contributed by atoms with Crippen LogP contribution in [0.15, 0.2) is 11.0 Å². The van der Waals surface area contributed by atoms with Crippen molar-refractivity contribution < 1.29 is 9.78 Å². The summed E-state index contributed by atoms with van der Waals surface area (Å²) in [6.45, 7) is 9.86. The van der Waals surface area contributed by atoms with Gasteiger partial charge in [-0.15, -0.1) is 0 Å². The number of hydrogen-bond donors (Lipinski definition) is 0. The average Bonchev–Trinajstić information content (AvgIpc) is 1.80.